The average molecular weight is 462 g/mol. The largest absolute Gasteiger partial charge is 0.478 e. The highest BCUT2D eigenvalue weighted by Gasteiger charge is 2.41. The highest BCUT2D eigenvalue weighted by Crippen LogP contribution is 2.46. The molecule has 2 aromatic rings. The van der Waals surface area contributed by atoms with Crippen LogP contribution < -0.4 is 9.64 Å². The van der Waals surface area contributed by atoms with Crippen LogP contribution in [0, 0.1) is 5.41 Å². The van der Waals surface area contributed by atoms with Gasteiger partial charge in [0.2, 0.25) is 0 Å². The molecule has 1 heterocycles. The summed E-state index contributed by atoms with van der Waals surface area (Å²) in [6, 6.07) is 13.1. The second-order valence-electron chi connectivity index (χ2n) is 7.62. The van der Waals surface area contributed by atoms with Gasteiger partial charge >= 0.3 is 5.97 Å². The minimum Gasteiger partial charge on any atom is -0.478 e. The van der Waals surface area contributed by atoms with E-state index in [0.29, 0.717) is 18.0 Å². The first-order chi connectivity index (χ1) is 14.7. The first-order valence-corrected chi connectivity index (χ1v) is 13.0. The van der Waals surface area contributed by atoms with E-state index in [1.54, 1.807) is 0 Å². The number of carbonyl (C=O) groups is 1. The summed E-state index contributed by atoms with van der Waals surface area (Å²) in [6.07, 6.45) is 5.28. The van der Waals surface area contributed by atoms with E-state index in [2.05, 4.69) is 4.90 Å². The number of carboxylic acid groups (broad SMARTS) is 1. The summed E-state index contributed by atoms with van der Waals surface area (Å²) in [5.41, 5.74) is 1.16. The van der Waals surface area contributed by atoms with Gasteiger partial charge in [0.25, 0.3) is 0 Å². The molecule has 2 aromatic carbocycles. The summed E-state index contributed by atoms with van der Waals surface area (Å²) < 4.78 is 32.6. The van der Waals surface area contributed by atoms with Gasteiger partial charge in [-0.25, -0.2) is 13.2 Å². The minimum absolute atomic E-state index is 0.0480. The van der Waals surface area contributed by atoms with Crippen molar-refractivity contribution >= 4 is 38.9 Å². The van der Waals surface area contributed by atoms with Gasteiger partial charge in [-0.3, -0.25) is 0 Å². The Morgan fingerprint density at radius 3 is 2.48 bits per heavy atom. The summed E-state index contributed by atoms with van der Waals surface area (Å²) in [7, 11) is -3.61. The number of anilines is 2. The first kappa shape index (κ1) is 23.2. The van der Waals surface area contributed by atoms with Crippen LogP contribution in [-0.4, -0.2) is 38.0 Å². The monoisotopic (exact) mass is 461 g/mol. The average Bonchev–Trinajstić information content (AvgIpc) is 2.86. The summed E-state index contributed by atoms with van der Waals surface area (Å²) in [5, 5.41) is 8.83. The first-order valence-electron chi connectivity index (χ1n) is 10.1. The van der Waals surface area contributed by atoms with E-state index in [0.717, 1.165) is 35.8 Å². The van der Waals surface area contributed by atoms with Gasteiger partial charge in [0, 0.05) is 23.7 Å². The van der Waals surface area contributed by atoms with E-state index >= 15 is 0 Å². The summed E-state index contributed by atoms with van der Waals surface area (Å²) >= 11 is 1.41. The lowest BCUT2D eigenvalue weighted by Crippen LogP contribution is -2.37. The molecule has 0 radical (unpaired) electrons. The molecule has 8 heteroatoms. The summed E-state index contributed by atoms with van der Waals surface area (Å²) in [6.45, 7) is 4.66. The van der Waals surface area contributed by atoms with Crippen LogP contribution in [0.3, 0.4) is 0 Å². The maximum Gasteiger partial charge on any atom is 0.331 e. The molecule has 0 saturated heterocycles. The van der Waals surface area contributed by atoms with Crippen LogP contribution in [0.2, 0.25) is 0 Å². The Morgan fingerprint density at radius 2 is 1.90 bits per heavy atom. The second-order valence-corrected chi connectivity index (χ2v) is 10.4. The molecule has 0 atom stereocenters. The van der Waals surface area contributed by atoms with Crippen molar-refractivity contribution < 1.29 is 23.1 Å². The molecule has 0 aromatic heterocycles. The summed E-state index contributed by atoms with van der Waals surface area (Å²) in [4.78, 5) is 13.8. The van der Waals surface area contributed by atoms with Gasteiger partial charge in [0.15, 0.2) is 9.84 Å². The Balaban J connectivity index is 2.24. The number of thioether (sulfide) groups is 1. The van der Waals surface area contributed by atoms with E-state index < -0.39 is 21.2 Å². The van der Waals surface area contributed by atoms with Gasteiger partial charge in [-0.2, -0.15) is 0 Å². The standard InChI is InChI=1S/C23H27NO5S2/c1-4-23(5-2)15-24(17-9-7-6-8-10-17)18-13-20(30-3)19(29-12-11-22(25)26)14-21(18)31(27,28)16-23/h6-14H,4-5,15-16H2,1-3H3,(H,25,26). The predicted octanol–water partition coefficient (Wildman–Crippen LogP) is 5.12. The predicted molar refractivity (Wildman–Crippen MR) is 124 cm³/mol. The van der Waals surface area contributed by atoms with Gasteiger partial charge in [-0.15, -0.1) is 11.8 Å². The van der Waals surface area contributed by atoms with E-state index in [1.807, 2.05) is 56.5 Å². The number of para-hydroxylation sites is 1. The van der Waals surface area contributed by atoms with Gasteiger partial charge in [-0.05, 0) is 37.3 Å². The highest BCUT2D eigenvalue weighted by atomic mass is 32.2. The third kappa shape index (κ3) is 4.91. The van der Waals surface area contributed by atoms with Gasteiger partial charge in [0.05, 0.1) is 33.6 Å². The zero-order valence-corrected chi connectivity index (χ0v) is 19.5. The normalized spacial score (nSPS) is 17.2. The molecule has 1 aliphatic rings. The van der Waals surface area contributed by atoms with Crippen LogP contribution >= 0.6 is 11.8 Å². The molecule has 0 aliphatic carbocycles. The molecule has 166 valence electrons. The van der Waals surface area contributed by atoms with E-state index in [1.165, 1.54) is 17.8 Å². The number of fused-ring (bicyclic) bond motifs is 1. The van der Waals surface area contributed by atoms with Crippen molar-refractivity contribution in [1.29, 1.82) is 0 Å². The molecule has 0 saturated carbocycles. The quantitative estimate of drug-likeness (QED) is 0.348. The minimum atomic E-state index is -3.61. The van der Waals surface area contributed by atoms with Crippen LogP contribution in [0.15, 0.2) is 64.6 Å². The van der Waals surface area contributed by atoms with Crippen molar-refractivity contribution in [2.45, 2.75) is 36.5 Å². The number of hydrogen-bond donors (Lipinski definition) is 1. The van der Waals surface area contributed by atoms with Crippen LogP contribution in [0.5, 0.6) is 5.75 Å². The van der Waals surface area contributed by atoms with Crippen molar-refractivity contribution in [3.63, 3.8) is 0 Å². The Morgan fingerprint density at radius 1 is 1.23 bits per heavy atom. The smallest absolute Gasteiger partial charge is 0.331 e. The lowest BCUT2D eigenvalue weighted by molar-refractivity contribution is -0.131. The highest BCUT2D eigenvalue weighted by molar-refractivity contribution is 7.98. The number of ether oxygens (including phenoxy) is 1. The van der Waals surface area contributed by atoms with Crippen molar-refractivity contribution in [2.24, 2.45) is 5.41 Å². The Labute approximate surface area is 187 Å². The maximum absolute atomic E-state index is 13.5. The van der Waals surface area contributed by atoms with Crippen LogP contribution in [0.25, 0.3) is 0 Å². The van der Waals surface area contributed by atoms with Crippen molar-refractivity contribution in [3.05, 3.63) is 54.8 Å². The number of hydrogen-bond acceptors (Lipinski definition) is 6. The summed E-state index contributed by atoms with van der Waals surface area (Å²) in [5.74, 6) is -0.772. The van der Waals surface area contributed by atoms with Crippen LogP contribution in [0.4, 0.5) is 11.4 Å². The fourth-order valence-electron chi connectivity index (χ4n) is 3.87. The lowest BCUT2D eigenvalue weighted by atomic mass is 9.83. The molecule has 3 rings (SSSR count). The molecular formula is C23H27NO5S2. The number of nitrogens with zero attached hydrogens (tertiary/aromatic N) is 1. The third-order valence-corrected chi connectivity index (χ3v) is 8.58. The SMILES string of the molecule is CCC1(CC)CN(c2ccccc2)c2cc(SC)c(OC=CC(=O)O)cc2S(=O)(=O)C1. The number of rotatable bonds is 7. The fourth-order valence-corrected chi connectivity index (χ4v) is 6.64. The number of benzene rings is 2. The molecule has 1 N–H and O–H groups in total. The number of aliphatic carboxylic acids is 1. The molecule has 0 bridgehead atoms. The molecule has 6 nitrogen and oxygen atoms in total. The van der Waals surface area contributed by atoms with Crippen LogP contribution in [0.1, 0.15) is 26.7 Å². The second kappa shape index (κ2) is 9.36. The number of carboxylic acids is 1. The maximum atomic E-state index is 13.5. The molecule has 1 aliphatic heterocycles. The van der Waals surface area contributed by atoms with Crippen LogP contribution in [-0.2, 0) is 14.6 Å². The molecule has 0 fully saturated rings. The Hall–Kier alpha value is -2.45. The molecule has 0 spiro atoms. The zero-order valence-electron chi connectivity index (χ0n) is 17.9. The van der Waals surface area contributed by atoms with Crippen molar-refractivity contribution in [2.75, 3.05) is 23.5 Å². The van der Waals surface area contributed by atoms with Gasteiger partial charge < -0.3 is 14.7 Å². The van der Waals surface area contributed by atoms with Gasteiger partial charge in [0.1, 0.15) is 5.75 Å². The fraction of sp³-hybridized carbons (Fsp3) is 0.348. The van der Waals surface area contributed by atoms with Crippen molar-refractivity contribution in [3.8, 4) is 5.75 Å². The molecule has 0 amide bonds. The zero-order chi connectivity index (χ0) is 22.6. The Kier molecular flexibility index (Phi) is 7.01. The topological polar surface area (TPSA) is 83.9 Å². The lowest BCUT2D eigenvalue weighted by Gasteiger charge is -2.35. The third-order valence-electron chi connectivity index (χ3n) is 5.83. The van der Waals surface area contributed by atoms with E-state index in [4.69, 9.17) is 9.84 Å². The van der Waals surface area contributed by atoms with Gasteiger partial charge in [-0.1, -0.05) is 32.0 Å². The number of sulfone groups is 1. The Bertz CT molecular complexity index is 1080. The molecule has 0 unspecified atom stereocenters. The molecular weight excluding hydrogens is 434 g/mol. The van der Waals surface area contributed by atoms with E-state index in [-0.39, 0.29) is 10.6 Å². The molecule has 31 heavy (non-hydrogen) atoms. The van der Waals surface area contributed by atoms with Crippen molar-refractivity contribution in [1.82, 2.24) is 0 Å². The van der Waals surface area contributed by atoms with E-state index in [9.17, 15) is 13.2 Å².